The van der Waals surface area contributed by atoms with Crippen LogP contribution in [0.25, 0.3) is 21.8 Å². The molecule has 0 aliphatic carbocycles. The summed E-state index contributed by atoms with van der Waals surface area (Å²) in [5.41, 5.74) is -0.310. The molecule has 160 valence electrons. The first-order chi connectivity index (χ1) is 14.9. The molecule has 10 heteroatoms. The average Bonchev–Trinajstić information content (AvgIpc) is 3.15. The van der Waals surface area contributed by atoms with Crippen molar-refractivity contribution in [3.63, 3.8) is 0 Å². The number of esters is 1. The fourth-order valence-corrected chi connectivity index (χ4v) is 3.47. The van der Waals surface area contributed by atoms with Crippen molar-refractivity contribution in [2.45, 2.75) is 32.5 Å². The van der Waals surface area contributed by atoms with Gasteiger partial charge in [-0.15, -0.1) is 0 Å². The zero-order valence-corrected chi connectivity index (χ0v) is 16.4. The van der Waals surface area contributed by atoms with E-state index in [1.165, 1.54) is 25.1 Å². The van der Waals surface area contributed by atoms with E-state index in [0.717, 1.165) is 9.25 Å². The van der Waals surface area contributed by atoms with Gasteiger partial charge in [-0.3, -0.25) is 24.0 Å². The molecular formula is C21H18F2N4O4. The summed E-state index contributed by atoms with van der Waals surface area (Å²) in [6.07, 6.45) is -1.28. The summed E-state index contributed by atoms with van der Waals surface area (Å²) in [4.78, 5) is 41.1. The lowest BCUT2D eigenvalue weighted by Crippen LogP contribution is -2.30. The van der Waals surface area contributed by atoms with E-state index in [-0.39, 0.29) is 35.1 Å². The molecule has 0 saturated carbocycles. The number of H-pyrrole nitrogens is 1. The van der Waals surface area contributed by atoms with Crippen LogP contribution in [0.5, 0.6) is 0 Å². The maximum absolute atomic E-state index is 13.6. The third-order valence-corrected chi connectivity index (χ3v) is 4.91. The number of nitrogens with one attached hydrogen (secondary N) is 1. The number of fused-ring (bicyclic) bond motifs is 2. The van der Waals surface area contributed by atoms with Gasteiger partial charge in [-0.05, 0) is 31.2 Å². The van der Waals surface area contributed by atoms with Crippen molar-refractivity contribution >= 4 is 27.8 Å². The second-order valence-electron chi connectivity index (χ2n) is 6.93. The lowest BCUT2D eigenvalue weighted by atomic mass is 10.2. The molecule has 2 aromatic heterocycles. The number of carbonyl (C=O) groups excluding carboxylic acids is 1. The molecule has 4 aromatic rings. The number of nitrogens with zero attached hydrogens (tertiary/aromatic N) is 3. The molecule has 0 bridgehead atoms. The number of aromatic nitrogens is 4. The Morgan fingerprint density at radius 2 is 1.77 bits per heavy atom. The fraction of sp³-hybridized carbons (Fsp3) is 0.238. The highest BCUT2D eigenvalue weighted by Crippen LogP contribution is 2.28. The van der Waals surface area contributed by atoms with Crippen molar-refractivity contribution in [2.75, 3.05) is 0 Å². The number of alkyl halides is 2. The summed E-state index contributed by atoms with van der Waals surface area (Å²) < 4.78 is 34.2. The van der Waals surface area contributed by atoms with E-state index in [1.807, 2.05) is 0 Å². The lowest BCUT2D eigenvalue weighted by Gasteiger charge is -2.15. The van der Waals surface area contributed by atoms with E-state index in [4.69, 9.17) is 4.74 Å². The van der Waals surface area contributed by atoms with E-state index in [0.29, 0.717) is 5.52 Å². The number of benzene rings is 2. The fourth-order valence-electron chi connectivity index (χ4n) is 3.47. The van der Waals surface area contributed by atoms with Crippen molar-refractivity contribution in [1.29, 1.82) is 0 Å². The maximum Gasteiger partial charge on any atom is 0.320 e. The lowest BCUT2D eigenvalue weighted by molar-refractivity contribution is -0.149. The molecule has 8 nitrogen and oxygen atoms in total. The predicted octanol–water partition coefficient (Wildman–Crippen LogP) is 3.13. The van der Waals surface area contributed by atoms with Gasteiger partial charge in [-0.1, -0.05) is 24.3 Å². The highest BCUT2D eigenvalue weighted by molar-refractivity contribution is 5.80. The highest BCUT2D eigenvalue weighted by Gasteiger charge is 2.24. The molecule has 1 N–H and O–H groups in total. The topological polar surface area (TPSA) is 99.0 Å². The number of ether oxygens (including phenoxy) is 1. The van der Waals surface area contributed by atoms with Crippen molar-refractivity contribution in [3.05, 3.63) is 75.1 Å². The smallest absolute Gasteiger partial charge is 0.320 e. The molecular weight excluding hydrogens is 410 g/mol. The second kappa shape index (κ2) is 8.13. The molecule has 0 radical (unpaired) electrons. The van der Waals surface area contributed by atoms with Crippen LogP contribution in [-0.2, 0) is 16.1 Å². The first-order valence-electron chi connectivity index (χ1n) is 9.53. The third-order valence-electron chi connectivity index (χ3n) is 4.91. The number of carbonyl (C=O) groups is 1. The SMILES string of the molecule is CC(OC(=O)CCn1[nH]c(=O)c2ccccc2c1=O)c1nc2ccccc2n1C(F)F. The number of hydrogen-bond donors (Lipinski definition) is 1. The van der Waals surface area contributed by atoms with Crippen molar-refractivity contribution in [1.82, 2.24) is 19.3 Å². The second-order valence-corrected chi connectivity index (χ2v) is 6.93. The van der Waals surface area contributed by atoms with Gasteiger partial charge in [0.2, 0.25) is 0 Å². The van der Waals surface area contributed by atoms with Gasteiger partial charge < -0.3 is 4.74 Å². The van der Waals surface area contributed by atoms with Crippen LogP contribution < -0.4 is 11.1 Å². The first-order valence-corrected chi connectivity index (χ1v) is 9.53. The summed E-state index contributed by atoms with van der Waals surface area (Å²) in [5.74, 6) is -0.804. The Kier molecular flexibility index (Phi) is 5.37. The number of aromatic amines is 1. The molecule has 31 heavy (non-hydrogen) atoms. The van der Waals surface area contributed by atoms with E-state index >= 15 is 0 Å². The normalized spacial score (nSPS) is 12.5. The van der Waals surface area contributed by atoms with Crippen LogP contribution in [0.2, 0.25) is 0 Å². The molecule has 1 atom stereocenters. The minimum atomic E-state index is -2.86. The number of aryl methyl sites for hydroxylation is 1. The molecule has 0 saturated heterocycles. The summed E-state index contributed by atoms with van der Waals surface area (Å²) >= 11 is 0. The molecule has 0 amide bonds. The summed E-state index contributed by atoms with van der Waals surface area (Å²) in [5, 5.41) is 2.92. The summed E-state index contributed by atoms with van der Waals surface area (Å²) in [6, 6.07) is 12.7. The Morgan fingerprint density at radius 3 is 2.52 bits per heavy atom. The molecule has 2 aromatic carbocycles. The van der Waals surface area contributed by atoms with Crippen molar-refractivity contribution in [2.24, 2.45) is 0 Å². The van der Waals surface area contributed by atoms with Gasteiger partial charge in [0.1, 0.15) is 0 Å². The summed E-state index contributed by atoms with van der Waals surface area (Å²) in [7, 11) is 0. The quantitative estimate of drug-likeness (QED) is 0.476. The van der Waals surface area contributed by atoms with Gasteiger partial charge in [0.15, 0.2) is 11.9 Å². The van der Waals surface area contributed by atoms with Gasteiger partial charge in [-0.2, -0.15) is 8.78 Å². The van der Waals surface area contributed by atoms with Crippen molar-refractivity contribution in [3.8, 4) is 0 Å². The maximum atomic E-state index is 13.6. The zero-order valence-electron chi connectivity index (χ0n) is 16.4. The molecule has 0 spiro atoms. The molecule has 1 unspecified atom stereocenters. The number of hydrogen-bond acceptors (Lipinski definition) is 5. The monoisotopic (exact) mass is 428 g/mol. The molecule has 0 fully saturated rings. The van der Waals surface area contributed by atoms with Crippen LogP contribution >= 0.6 is 0 Å². The van der Waals surface area contributed by atoms with Gasteiger partial charge in [0, 0.05) is 0 Å². The molecule has 2 heterocycles. The Labute approximate surface area is 173 Å². The Hall–Kier alpha value is -3.82. The molecule has 4 rings (SSSR count). The first kappa shape index (κ1) is 20.5. The molecule has 0 aliphatic heterocycles. The van der Waals surface area contributed by atoms with Crippen molar-refractivity contribution < 1.29 is 18.3 Å². The summed E-state index contributed by atoms with van der Waals surface area (Å²) in [6.45, 7) is -1.54. The minimum absolute atomic E-state index is 0.0826. The van der Waals surface area contributed by atoms with Crippen LogP contribution in [0.3, 0.4) is 0 Å². The minimum Gasteiger partial charge on any atom is -0.454 e. The zero-order chi connectivity index (χ0) is 22.1. The number of rotatable bonds is 6. The van der Waals surface area contributed by atoms with Crippen LogP contribution in [-0.4, -0.2) is 25.3 Å². The Bertz CT molecular complexity index is 1390. The van der Waals surface area contributed by atoms with Crippen LogP contribution in [0.1, 0.15) is 31.8 Å². The Balaban J connectivity index is 1.51. The van der Waals surface area contributed by atoms with Gasteiger partial charge >= 0.3 is 12.5 Å². The van der Waals surface area contributed by atoms with E-state index in [9.17, 15) is 23.2 Å². The van der Waals surface area contributed by atoms with E-state index in [1.54, 1.807) is 30.3 Å². The number of halogens is 2. The number of imidazole rings is 1. The van der Waals surface area contributed by atoms with Crippen LogP contribution in [0.15, 0.2) is 58.1 Å². The standard InChI is InChI=1S/C21H18F2N4O4/c1-12(18-24-15-8-4-5-9-16(15)27(18)21(22)23)31-17(28)10-11-26-20(30)14-7-3-2-6-13(14)19(29)25-26/h2-9,12,21H,10-11H2,1H3,(H,25,29). The van der Waals surface area contributed by atoms with Crippen LogP contribution in [0, 0.1) is 0 Å². The third kappa shape index (κ3) is 3.83. The number of para-hydroxylation sites is 2. The Morgan fingerprint density at radius 1 is 1.10 bits per heavy atom. The molecule has 0 aliphatic rings. The van der Waals surface area contributed by atoms with E-state index < -0.39 is 29.7 Å². The largest absolute Gasteiger partial charge is 0.454 e. The van der Waals surface area contributed by atoms with Gasteiger partial charge in [0.05, 0.1) is 34.8 Å². The van der Waals surface area contributed by atoms with E-state index in [2.05, 4.69) is 10.1 Å². The van der Waals surface area contributed by atoms with Crippen LogP contribution in [0.4, 0.5) is 8.78 Å². The van der Waals surface area contributed by atoms with Gasteiger partial charge in [-0.25, -0.2) is 9.67 Å². The average molecular weight is 428 g/mol. The highest BCUT2D eigenvalue weighted by atomic mass is 19.3. The predicted molar refractivity (Wildman–Crippen MR) is 109 cm³/mol. The van der Waals surface area contributed by atoms with Gasteiger partial charge in [0.25, 0.3) is 11.1 Å².